The molecule has 18 heavy (non-hydrogen) atoms. The van der Waals surface area contributed by atoms with E-state index in [4.69, 9.17) is 0 Å². The molecule has 5 nitrogen and oxygen atoms in total. The molecule has 6 heteroatoms. The highest BCUT2D eigenvalue weighted by molar-refractivity contribution is 9.10. The number of hydrogen-bond acceptors (Lipinski definition) is 3. The number of aromatic nitrogens is 3. The highest BCUT2D eigenvalue weighted by atomic mass is 79.9. The molecule has 1 N–H and O–H groups in total. The molecule has 2 aromatic rings. The molecule has 1 atom stereocenters. The summed E-state index contributed by atoms with van der Waals surface area (Å²) in [5, 5.41) is 6.80. The second-order valence-corrected chi connectivity index (χ2v) is 4.97. The monoisotopic (exact) mass is 308 g/mol. The number of hydrogen-bond donors (Lipinski definition) is 1. The second kappa shape index (κ2) is 5.30. The molecule has 1 unspecified atom stereocenters. The number of carbonyl (C=O) groups is 1. The first-order valence-electron chi connectivity index (χ1n) is 5.48. The number of aryl methyl sites for hydroxylation is 1. The van der Waals surface area contributed by atoms with Crippen LogP contribution in [0, 0.1) is 6.92 Å². The Morgan fingerprint density at radius 3 is 2.83 bits per heavy atom. The van der Waals surface area contributed by atoms with Crippen molar-refractivity contribution in [3.8, 4) is 0 Å². The van der Waals surface area contributed by atoms with E-state index in [1.165, 1.54) is 17.3 Å². The van der Waals surface area contributed by atoms with Gasteiger partial charge in [-0.1, -0.05) is 15.9 Å². The molecule has 0 aliphatic carbocycles. The lowest BCUT2D eigenvalue weighted by atomic mass is 10.2. The third kappa shape index (κ3) is 2.95. The van der Waals surface area contributed by atoms with Crippen LogP contribution in [0.25, 0.3) is 0 Å². The molecule has 1 amide bonds. The Morgan fingerprint density at radius 1 is 1.44 bits per heavy atom. The predicted molar refractivity (Wildman–Crippen MR) is 72.2 cm³/mol. The standard InChI is InChI=1S/C12H13BrN4O/c1-8-3-10(13)5-11(4-8)16-12(18)9(2)17-7-14-6-15-17/h3-7,9H,1-2H3,(H,16,18). The maximum absolute atomic E-state index is 12.0. The van der Waals surface area contributed by atoms with Gasteiger partial charge in [-0.25, -0.2) is 9.67 Å². The van der Waals surface area contributed by atoms with Gasteiger partial charge in [0.1, 0.15) is 18.7 Å². The van der Waals surface area contributed by atoms with Crippen molar-refractivity contribution >= 4 is 27.5 Å². The Morgan fingerprint density at radius 2 is 2.22 bits per heavy atom. The third-order valence-electron chi connectivity index (χ3n) is 2.52. The number of carbonyl (C=O) groups excluding carboxylic acids is 1. The molecule has 1 aromatic carbocycles. The number of anilines is 1. The van der Waals surface area contributed by atoms with E-state index in [1.807, 2.05) is 25.1 Å². The van der Waals surface area contributed by atoms with Crippen LogP contribution in [0.1, 0.15) is 18.5 Å². The van der Waals surface area contributed by atoms with Crippen LogP contribution in [-0.4, -0.2) is 20.7 Å². The third-order valence-corrected chi connectivity index (χ3v) is 2.98. The van der Waals surface area contributed by atoms with Crippen LogP contribution in [0.3, 0.4) is 0 Å². The average molecular weight is 309 g/mol. The number of nitrogens with one attached hydrogen (secondary N) is 1. The van der Waals surface area contributed by atoms with Gasteiger partial charge in [0.25, 0.3) is 0 Å². The van der Waals surface area contributed by atoms with Crippen LogP contribution in [0.2, 0.25) is 0 Å². The molecule has 0 spiro atoms. The SMILES string of the molecule is Cc1cc(Br)cc(NC(=O)C(C)n2cncn2)c1. The first-order chi connectivity index (χ1) is 8.56. The summed E-state index contributed by atoms with van der Waals surface area (Å²) in [5.74, 6) is -0.127. The van der Waals surface area contributed by atoms with E-state index in [0.29, 0.717) is 0 Å². The van der Waals surface area contributed by atoms with Gasteiger partial charge < -0.3 is 5.32 Å². The summed E-state index contributed by atoms with van der Waals surface area (Å²) in [5.41, 5.74) is 1.84. The van der Waals surface area contributed by atoms with Gasteiger partial charge in [-0.15, -0.1) is 0 Å². The van der Waals surface area contributed by atoms with E-state index in [9.17, 15) is 4.79 Å². The Bertz CT molecular complexity index is 533. The van der Waals surface area contributed by atoms with E-state index >= 15 is 0 Å². The van der Waals surface area contributed by atoms with Crippen molar-refractivity contribution in [2.45, 2.75) is 19.9 Å². The molecule has 0 fully saturated rings. The summed E-state index contributed by atoms with van der Waals surface area (Å²) in [4.78, 5) is 15.8. The van der Waals surface area contributed by atoms with Crippen molar-refractivity contribution in [1.82, 2.24) is 14.8 Å². The van der Waals surface area contributed by atoms with Crippen LogP contribution in [0.5, 0.6) is 0 Å². The van der Waals surface area contributed by atoms with Gasteiger partial charge in [0, 0.05) is 10.2 Å². The predicted octanol–water partition coefficient (Wildman–Crippen LogP) is 2.55. The number of nitrogens with zero attached hydrogens (tertiary/aromatic N) is 3. The molecule has 0 aliphatic rings. The summed E-state index contributed by atoms with van der Waals surface area (Å²) in [6.07, 6.45) is 2.93. The zero-order valence-corrected chi connectivity index (χ0v) is 11.7. The van der Waals surface area contributed by atoms with Gasteiger partial charge in [0.2, 0.25) is 5.91 Å². The fourth-order valence-corrected chi connectivity index (χ4v) is 2.20. The molecule has 0 aliphatic heterocycles. The maximum atomic E-state index is 12.0. The molecule has 1 heterocycles. The van der Waals surface area contributed by atoms with Crippen LogP contribution < -0.4 is 5.32 Å². The van der Waals surface area contributed by atoms with Crippen LogP contribution >= 0.6 is 15.9 Å². The Balaban J connectivity index is 2.11. The van der Waals surface area contributed by atoms with Crippen LogP contribution in [-0.2, 0) is 4.79 Å². The number of amides is 1. The van der Waals surface area contributed by atoms with Crippen molar-refractivity contribution in [1.29, 1.82) is 0 Å². The first kappa shape index (κ1) is 12.8. The van der Waals surface area contributed by atoms with Gasteiger partial charge >= 0.3 is 0 Å². The van der Waals surface area contributed by atoms with E-state index in [0.717, 1.165) is 15.7 Å². The first-order valence-corrected chi connectivity index (χ1v) is 6.28. The summed E-state index contributed by atoms with van der Waals surface area (Å²) in [7, 11) is 0. The molecule has 0 bridgehead atoms. The Kier molecular flexibility index (Phi) is 3.76. The summed E-state index contributed by atoms with van der Waals surface area (Å²) >= 11 is 3.40. The average Bonchev–Trinajstić information content (AvgIpc) is 2.79. The Hall–Kier alpha value is -1.69. The van der Waals surface area contributed by atoms with Gasteiger partial charge in [0.05, 0.1) is 0 Å². The molecular weight excluding hydrogens is 296 g/mol. The maximum Gasteiger partial charge on any atom is 0.249 e. The minimum Gasteiger partial charge on any atom is -0.324 e. The van der Waals surface area contributed by atoms with Crippen molar-refractivity contribution in [3.63, 3.8) is 0 Å². The lowest BCUT2D eigenvalue weighted by molar-refractivity contribution is -0.119. The minimum absolute atomic E-state index is 0.127. The molecule has 0 radical (unpaired) electrons. The zero-order valence-electron chi connectivity index (χ0n) is 10.1. The summed E-state index contributed by atoms with van der Waals surface area (Å²) in [6, 6.07) is 5.36. The van der Waals surface area contributed by atoms with E-state index in [2.05, 4.69) is 31.3 Å². The Labute approximate surface area is 113 Å². The number of halogens is 1. The van der Waals surface area contributed by atoms with Crippen molar-refractivity contribution in [2.24, 2.45) is 0 Å². The topological polar surface area (TPSA) is 59.8 Å². The fraction of sp³-hybridized carbons (Fsp3) is 0.250. The number of benzene rings is 1. The van der Waals surface area contributed by atoms with Gasteiger partial charge in [-0.3, -0.25) is 4.79 Å². The normalized spacial score (nSPS) is 12.2. The van der Waals surface area contributed by atoms with Gasteiger partial charge in [0.15, 0.2) is 0 Å². The molecule has 0 saturated carbocycles. The smallest absolute Gasteiger partial charge is 0.249 e. The minimum atomic E-state index is -0.396. The zero-order chi connectivity index (χ0) is 13.1. The molecule has 2 rings (SSSR count). The van der Waals surface area contributed by atoms with E-state index < -0.39 is 6.04 Å². The van der Waals surface area contributed by atoms with Crippen LogP contribution in [0.15, 0.2) is 35.3 Å². The molecule has 94 valence electrons. The van der Waals surface area contributed by atoms with E-state index in [-0.39, 0.29) is 5.91 Å². The fourth-order valence-electron chi connectivity index (χ4n) is 1.59. The van der Waals surface area contributed by atoms with Gasteiger partial charge in [-0.2, -0.15) is 5.10 Å². The highest BCUT2D eigenvalue weighted by Crippen LogP contribution is 2.20. The van der Waals surface area contributed by atoms with Crippen molar-refractivity contribution in [2.75, 3.05) is 5.32 Å². The van der Waals surface area contributed by atoms with Crippen LogP contribution in [0.4, 0.5) is 5.69 Å². The van der Waals surface area contributed by atoms with Crippen molar-refractivity contribution in [3.05, 3.63) is 40.9 Å². The molecule has 0 saturated heterocycles. The number of rotatable bonds is 3. The summed E-state index contributed by atoms with van der Waals surface area (Å²) in [6.45, 7) is 3.75. The lowest BCUT2D eigenvalue weighted by Crippen LogP contribution is -2.24. The molecule has 1 aromatic heterocycles. The highest BCUT2D eigenvalue weighted by Gasteiger charge is 2.15. The lowest BCUT2D eigenvalue weighted by Gasteiger charge is -2.12. The largest absolute Gasteiger partial charge is 0.324 e. The van der Waals surface area contributed by atoms with Gasteiger partial charge in [-0.05, 0) is 37.6 Å². The van der Waals surface area contributed by atoms with E-state index in [1.54, 1.807) is 6.92 Å². The quantitative estimate of drug-likeness (QED) is 0.948. The van der Waals surface area contributed by atoms with Crippen molar-refractivity contribution < 1.29 is 4.79 Å². The molecular formula is C12H13BrN4O. The second-order valence-electron chi connectivity index (χ2n) is 4.06. The summed E-state index contributed by atoms with van der Waals surface area (Å²) < 4.78 is 2.45.